The van der Waals surface area contributed by atoms with Gasteiger partial charge in [-0.3, -0.25) is 0 Å². The standard InChI is InChI=1S/C21H29F2N5O2/c1-7-19(25-21(29)28(6)27-24)18(14(4)13(2)3)12-30-26-15(5)16-9-8-10-17(11-16)20(22)23/h7-11,13,20,24H,12H2,1-6H3,(H,25,29)/b18-14+,19-7+,26-15-,27-24?. The number of carbonyl (C=O) groups excluding carboxylic acids is 1. The molecule has 0 heterocycles. The third kappa shape index (κ3) is 7.06. The molecule has 0 aliphatic carbocycles. The summed E-state index contributed by atoms with van der Waals surface area (Å²) >= 11 is 0. The molecule has 0 aliphatic rings. The molecule has 0 radical (unpaired) electrons. The van der Waals surface area contributed by atoms with Gasteiger partial charge in [0.05, 0.1) is 5.71 Å². The number of alkyl halides is 2. The number of nitrogens with zero attached hydrogens (tertiary/aromatic N) is 3. The molecule has 0 saturated carbocycles. The van der Waals surface area contributed by atoms with E-state index in [0.717, 1.165) is 16.2 Å². The predicted octanol–water partition coefficient (Wildman–Crippen LogP) is 5.83. The molecule has 2 N–H and O–H groups in total. The van der Waals surface area contributed by atoms with Crippen LogP contribution in [0, 0.1) is 11.4 Å². The monoisotopic (exact) mass is 421 g/mol. The third-order valence-corrected chi connectivity index (χ3v) is 4.61. The fourth-order valence-electron chi connectivity index (χ4n) is 2.46. The Hall–Kier alpha value is -3.10. The molecular formula is C21H29F2N5O2. The van der Waals surface area contributed by atoms with Crippen LogP contribution in [0.25, 0.3) is 0 Å². The smallest absolute Gasteiger partial charge is 0.343 e. The van der Waals surface area contributed by atoms with Crippen molar-refractivity contribution in [1.29, 1.82) is 5.53 Å². The molecule has 9 heteroatoms. The summed E-state index contributed by atoms with van der Waals surface area (Å²) in [5.74, 6) is 0.182. The Balaban J connectivity index is 3.06. The molecule has 1 aromatic carbocycles. The number of oxime groups is 1. The molecule has 0 saturated heterocycles. The minimum absolute atomic E-state index is 0.0670. The number of halogens is 2. The van der Waals surface area contributed by atoms with Gasteiger partial charge in [0, 0.05) is 23.9 Å². The molecule has 0 bridgehead atoms. The Kier molecular flexibility index (Phi) is 9.80. The molecule has 0 atom stereocenters. The van der Waals surface area contributed by atoms with Gasteiger partial charge in [-0.2, -0.15) is 10.5 Å². The van der Waals surface area contributed by atoms with Crippen molar-refractivity contribution >= 4 is 11.7 Å². The van der Waals surface area contributed by atoms with Crippen molar-refractivity contribution in [2.75, 3.05) is 13.7 Å². The van der Waals surface area contributed by atoms with Crippen LogP contribution in [0.2, 0.25) is 0 Å². The summed E-state index contributed by atoms with van der Waals surface area (Å²) in [6.07, 6.45) is -0.834. The maximum Gasteiger partial charge on any atom is 0.343 e. The summed E-state index contributed by atoms with van der Waals surface area (Å²) in [5.41, 5.74) is 10.1. The molecular weight excluding hydrogens is 392 g/mol. The van der Waals surface area contributed by atoms with Crippen molar-refractivity contribution < 1.29 is 18.4 Å². The van der Waals surface area contributed by atoms with Crippen molar-refractivity contribution in [2.45, 2.75) is 41.0 Å². The maximum absolute atomic E-state index is 12.9. The minimum Gasteiger partial charge on any atom is -0.391 e. The topological polar surface area (TPSA) is 90.1 Å². The fourth-order valence-corrected chi connectivity index (χ4v) is 2.46. The number of hydrogen-bond donors (Lipinski definition) is 2. The van der Waals surface area contributed by atoms with Gasteiger partial charge in [0.2, 0.25) is 0 Å². The normalized spacial score (nSPS) is 13.3. The number of carbonyl (C=O) groups is 1. The first-order valence-corrected chi connectivity index (χ1v) is 9.45. The highest BCUT2D eigenvalue weighted by Crippen LogP contribution is 2.22. The first-order chi connectivity index (χ1) is 14.1. The molecule has 0 aromatic heterocycles. The largest absolute Gasteiger partial charge is 0.391 e. The van der Waals surface area contributed by atoms with E-state index in [2.05, 4.69) is 15.7 Å². The summed E-state index contributed by atoms with van der Waals surface area (Å²) in [4.78, 5) is 17.6. The van der Waals surface area contributed by atoms with Crippen LogP contribution in [0.15, 0.2) is 57.6 Å². The Labute approximate surface area is 175 Å². The van der Waals surface area contributed by atoms with Gasteiger partial charge < -0.3 is 10.2 Å². The SMILES string of the molecule is C/C=C(NC(=O)N(C)N=N)\C(CO/N=C(/C)c1cccc(C(F)F)c1)=C(/C)C(C)C. The van der Waals surface area contributed by atoms with E-state index in [9.17, 15) is 13.6 Å². The van der Waals surface area contributed by atoms with Crippen LogP contribution in [0.5, 0.6) is 0 Å². The molecule has 30 heavy (non-hydrogen) atoms. The molecule has 0 fully saturated rings. The van der Waals surface area contributed by atoms with Gasteiger partial charge in [-0.15, -0.1) is 0 Å². The second-order valence-electron chi connectivity index (χ2n) is 6.95. The second kappa shape index (κ2) is 11.8. The van der Waals surface area contributed by atoms with E-state index < -0.39 is 12.5 Å². The van der Waals surface area contributed by atoms with Crippen molar-refractivity contribution in [2.24, 2.45) is 16.3 Å². The van der Waals surface area contributed by atoms with Crippen molar-refractivity contribution in [3.8, 4) is 0 Å². The number of urea groups is 1. The predicted molar refractivity (Wildman–Crippen MR) is 112 cm³/mol. The van der Waals surface area contributed by atoms with Crippen LogP contribution in [-0.4, -0.2) is 30.4 Å². The van der Waals surface area contributed by atoms with Crippen LogP contribution < -0.4 is 5.32 Å². The van der Waals surface area contributed by atoms with E-state index >= 15 is 0 Å². The summed E-state index contributed by atoms with van der Waals surface area (Å²) in [7, 11) is 1.37. The minimum atomic E-state index is -2.56. The summed E-state index contributed by atoms with van der Waals surface area (Å²) in [6.45, 7) is 9.47. The average molecular weight is 421 g/mol. The second-order valence-corrected chi connectivity index (χ2v) is 6.95. The highest BCUT2D eigenvalue weighted by Gasteiger charge is 2.17. The van der Waals surface area contributed by atoms with Crippen molar-refractivity contribution in [3.05, 3.63) is 58.3 Å². The number of benzene rings is 1. The summed E-state index contributed by atoms with van der Waals surface area (Å²) < 4.78 is 25.8. The van der Waals surface area contributed by atoms with Gasteiger partial charge in [-0.05, 0) is 38.3 Å². The van der Waals surface area contributed by atoms with Gasteiger partial charge in [-0.1, -0.05) is 54.1 Å². The molecule has 0 aliphatic heterocycles. The van der Waals surface area contributed by atoms with Gasteiger partial charge in [0.15, 0.2) is 0 Å². The molecule has 164 valence electrons. The lowest BCUT2D eigenvalue weighted by molar-refractivity contribution is 0.151. The molecule has 2 amide bonds. The zero-order chi connectivity index (χ0) is 22.8. The number of allylic oxidation sites excluding steroid dienone is 2. The average Bonchev–Trinajstić information content (AvgIpc) is 2.73. The molecule has 1 aromatic rings. The van der Waals surface area contributed by atoms with Crippen LogP contribution >= 0.6 is 0 Å². The number of nitrogens with one attached hydrogen (secondary N) is 2. The lowest BCUT2D eigenvalue weighted by atomic mass is 9.97. The van der Waals surface area contributed by atoms with Crippen molar-refractivity contribution in [3.63, 3.8) is 0 Å². The Morgan fingerprint density at radius 1 is 1.33 bits per heavy atom. The Morgan fingerprint density at radius 3 is 2.53 bits per heavy atom. The van der Waals surface area contributed by atoms with Gasteiger partial charge in [0.1, 0.15) is 6.61 Å². The van der Waals surface area contributed by atoms with Crippen LogP contribution in [-0.2, 0) is 4.84 Å². The Morgan fingerprint density at radius 2 is 2.00 bits per heavy atom. The van der Waals surface area contributed by atoms with Gasteiger partial charge >= 0.3 is 6.03 Å². The van der Waals surface area contributed by atoms with E-state index in [4.69, 9.17) is 10.4 Å². The van der Waals surface area contributed by atoms with Crippen LogP contribution in [0.4, 0.5) is 13.6 Å². The highest BCUT2D eigenvalue weighted by molar-refractivity contribution is 5.98. The van der Waals surface area contributed by atoms with E-state index in [-0.39, 0.29) is 18.1 Å². The Bertz CT molecular complexity index is 848. The molecule has 1 rings (SSSR count). The van der Waals surface area contributed by atoms with Crippen LogP contribution in [0.3, 0.4) is 0 Å². The zero-order valence-electron chi connectivity index (χ0n) is 18.2. The lowest BCUT2D eigenvalue weighted by Crippen LogP contribution is -2.34. The molecule has 0 spiro atoms. The van der Waals surface area contributed by atoms with E-state index in [1.54, 1.807) is 32.1 Å². The number of hydrogen-bond acceptors (Lipinski definition) is 5. The first kappa shape index (κ1) is 24.9. The number of amides is 2. The van der Waals surface area contributed by atoms with E-state index in [1.807, 2.05) is 20.8 Å². The van der Waals surface area contributed by atoms with E-state index in [0.29, 0.717) is 17.0 Å². The van der Waals surface area contributed by atoms with Gasteiger partial charge in [0.25, 0.3) is 6.43 Å². The zero-order valence-corrected chi connectivity index (χ0v) is 18.2. The number of rotatable bonds is 9. The van der Waals surface area contributed by atoms with Crippen molar-refractivity contribution in [1.82, 2.24) is 10.3 Å². The highest BCUT2D eigenvalue weighted by atomic mass is 19.3. The molecule has 0 unspecified atom stereocenters. The quantitative estimate of drug-likeness (QED) is 0.227. The molecule has 7 nitrogen and oxygen atoms in total. The maximum atomic E-state index is 12.9. The summed E-state index contributed by atoms with van der Waals surface area (Å²) in [5, 5.41) is 10.7. The van der Waals surface area contributed by atoms with Gasteiger partial charge in [-0.25, -0.2) is 13.6 Å². The fraction of sp³-hybridized carbons (Fsp3) is 0.429. The lowest BCUT2D eigenvalue weighted by Gasteiger charge is -2.19. The summed E-state index contributed by atoms with van der Waals surface area (Å²) in [6, 6.07) is 5.40. The van der Waals surface area contributed by atoms with Crippen LogP contribution in [0.1, 0.15) is 52.2 Å². The third-order valence-electron chi connectivity index (χ3n) is 4.61. The first-order valence-electron chi connectivity index (χ1n) is 9.45. The van der Waals surface area contributed by atoms with E-state index in [1.165, 1.54) is 19.2 Å².